The van der Waals surface area contributed by atoms with Gasteiger partial charge in [0, 0.05) is 39.3 Å². The lowest BCUT2D eigenvalue weighted by Crippen LogP contribution is -2.12. The Labute approximate surface area is 277 Å². The summed E-state index contributed by atoms with van der Waals surface area (Å²) < 4.78 is 0. The summed E-state index contributed by atoms with van der Waals surface area (Å²) in [5, 5.41) is 2.43. The highest BCUT2D eigenvalue weighted by Crippen LogP contribution is 2.41. The largest absolute Gasteiger partial charge is 0.310 e. The number of hydrogen-bond donors (Lipinski definition) is 0. The van der Waals surface area contributed by atoms with E-state index in [4.69, 9.17) is 6.42 Å². The Balaban J connectivity index is 1.26. The summed E-state index contributed by atoms with van der Waals surface area (Å²) in [5.41, 5.74) is 10.7. The Morgan fingerprint density at radius 2 is 0.936 bits per heavy atom. The molecule has 0 fully saturated rings. The lowest BCUT2D eigenvalue weighted by Gasteiger charge is -2.28. The highest BCUT2D eigenvalue weighted by molar-refractivity contribution is 5.99. The fourth-order valence-corrected chi connectivity index (χ4v) is 6.23. The lowest BCUT2D eigenvalue weighted by atomic mass is 10.0. The van der Waals surface area contributed by atoms with Crippen LogP contribution in [0.5, 0.6) is 0 Å². The van der Waals surface area contributed by atoms with Crippen LogP contribution >= 0.6 is 0 Å². The monoisotopic (exact) mass is 602 g/mol. The molecule has 0 aromatic heterocycles. The van der Waals surface area contributed by atoms with Gasteiger partial charge in [0.05, 0.1) is 11.4 Å². The molecule has 0 aliphatic rings. The summed E-state index contributed by atoms with van der Waals surface area (Å²) in [4.78, 5) is 4.60. The number of terminal acetylenes is 1. The van der Waals surface area contributed by atoms with Crippen LogP contribution in [0.3, 0.4) is 0 Å². The molecule has 0 atom stereocenters. The maximum Gasteiger partial charge on any atom is 0.0546 e. The molecule has 0 heterocycles. The first-order chi connectivity index (χ1) is 23.2. The van der Waals surface area contributed by atoms with Crippen LogP contribution in [-0.2, 0) is 0 Å². The zero-order valence-electron chi connectivity index (χ0n) is 26.3. The second-order valence-corrected chi connectivity index (χ2v) is 11.3. The van der Waals surface area contributed by atoms with E-state index in [9.17, 15) is 0 Å². The predicted molar refractivity (Wildman–Crippen MR) is 201 cm³/mol. The van der Waals surface area contributed by atoms with Gasteiger partial charge in [0.1, 0.15) is 0 Å². The summed E-state index contributed by atoms with van der Waals surface area (Å²) in [7, 11) is 0. The van der Waals surface area contributed by atoms with Gasteiger partial charge in [-0.3, -0.25) is 0 Å². The first kappa shape index (κ1) is 29.4. The maximum atomic E-state index is 5.93. The Kier molecular flexibility index (Phi) is 8.36. The number of allylic oxidation sites excluding steroid dienone is 1. The fourth-order valence-electron chi connectivity index (χ4n) is 6.23. The lowest BCUT2D eigenvalue weighted by molar-refractivity contribution is 1.27. The van der Waals surface area contributed by atoms with Crippen molar-refractivity contribution in [2.45, 2.75) is 6.92 Å². The van der Waals surface area contributed by atoms with Crippen molar-refractivity contribution < 1.29 is 0 Å². The second kappa shape index (κ2) is 13.4. The number of rotatable bonds is 8. The molecular formula is C45H34N2. The minimum Gasteiger partial charge on any atom is -0.310 e. The maximum absolute atomic E-state index is 5.93. The first-order valence-electron chi connectivity index (χ1n) is 15.9. The van der Waals surface area contributed by atoms with Gasteiger partial charge in [-0.1, -0.05) is 121 Å². The third-order valence-corrected chi connectivity index (χ3v) is 8.43. The zero-order chi connectivity index (χ0) is 32.0. The van der Waals surface area contributed by atoms with Crippen molar-refractivity contribution in [2.24, 2.45) is 0 Å². The standard InChI is InChI=1S/C45H34N2/c1-3-15-42-34(4-2)17-13-24-44(42)46(38-19-7-5-8-20-38)40-30-26-35(27-31-40)36-28-32-41(33-29-36)47(39-21-9-6-10-22-39)45-25-14-18-37-16-11-12-23-43(37)45/h2-3,5-33H,1H3. The van der Waals surface area contributed by atoms with Crippen LogP contribution in [0, 0.1) is 12.3 Å². The Morgan fingerprint density at radius 1 is 0.468 bits per heavy atom. The average molecular weight is 603 g/mol. The van der Waals surface area contributed by atoms with Crippen LogP contribution in [0.2, 0.25) is 0 Å². The molecule has 224 valence electrons. The van der Waals surface area contributed by atoms with Crippen molar-refractivity contribution in [2.75, 3.05) is 9.80 Å². The Morgan fingerprint density at radius 3 is 1.51 bits per heavy atom. The van der Waals surface area contributed by atoms with Gasteiger partial charge < -0.3 is 9.80 Å². The van der Waals surface area contributed by atoms with Crippen molar-refractivity contribution in [3.63, 3.8) is 0 Å². The van der Waals surface area contributed by atoms with E-state index in [-0.39, 0.29) is 0 Å². The summed E-state index contributed by atoms with van der Waals surface area (Å²) in [5.74, 6) is 2.87. The minimum absolute atomic E-state index is 0.867. The quantitative estimate of drug-likeness (QED) is 0.160. The van der Waals surface area contributed by atoms with Gasteiger partial charge >= 0.3 is 0 Å². The van der Waals surface area contributed by atoms with Crippen LogP contribution < -0.4 is 9.80 Å². The molecule has 7 rings (SSSR count). The molecule has 0 radical (unpaired) electrons. The van der Waals surface area contributed by atoms with Gasteiger partial charge in [-0.25, -0.2) is 0 Å². The smallest absolute Gasteiger partial charge is 0.0546 e. The number of para-hydroxylation sites is 2. The molecule has 0 spiro atoms. The Bertz CT molecular complexity index is 2190. The van der Waals surface area contributed by atoms with Gasteiger partial charge in [-0.15, -0.1) is 6.42 Å². The molecule has 0 amide bonds. The second-order valence-electron chi connectivity index (χ2n) is 11.3. The third kappa shape index (κ3) is 5.91. The molecule has 0 aliphatic carbocycles. The van der Waals surface area contributed by atoms with Gasteiger partial charge in [0.25, 0.3) is 0 Å². The van der Waals surface area contributed by atoms with Gasteiger partial charge in [0.15, 0.2) is 0 Å². The normalized spacial score (nSPS) is 11.0. The van der Waals surface area contributed by atoms with E-state index in [1.165, 1.54) is 10.8 Å². The summed E-state index contributed by atoms with van der Waals surface area (Å²) in [6.45, 7) is 2.02. The van der Waals surface area contributed by atoms with Crippen molar-refractivity contribution in [1.29, 1.82) is 0 Å². The van der Waals surface area contributed by atoms with E-state index in [1.807, 2.05) is 31.2 Å². The number of anilines is 6. The molecule has 47 heavy (non-hydrogen) atoms. The SMILES string of the molecule is C#Cc1cccc(N(c2ccccc2)c2ccc(-c3ccc(N(c4ccccc4)c4cccc5ccccc45)cc3)cc2)c1C=CC. The zero-order valence-corrected chi connectivity index (χ0v) is 26.3. The third-order valence-electron chi connectivity index (χ3n) is 8.43. The topological polar surface area (TPSA) is 6.48 Å². The summed E-state index contributed by atoms with van der Waals surface area (Å²) >= 11 is 0. The van der Waals surface area contributed by atoms with E-state index in [0.717, 1.165) is 56.4 Å². The van der Waals surface area contributed by atoms with Crippen LogP contribution in [0.15, 0.2) is 176 Å². The molecular weight excluding hydrogens is 569 g/mol. The van der Waals surface area contributed by atoms with E-state index in [0.29, 0.717) is 0 Å². The van der Waals surface area contributed by atoms with Crippen molar-refractivity contribution in [3.05, 3.63) is 187 Å². The van der Waals surface area contributed by atoms with E-state index in [2.05, 4.69) is 173 Å². The molecule has 0 saturated heterocycles. The van der Waals surface area contributed by atoms with Crippen LogP contribution in [-0.4, -0.2) is 0 Å². The van der Waals surface area contributed by atoms with Gasteiger partial charge in [-0.2, -0.15) is 0 Å². The fraction of sp³-hybridized carbons (Fsp3) is 0.0222. The molecule has 0 saturated carbocycles. The number of benzene rings is 7. The Hall–Kier alpha value is -6.30. The molecule has 7 aromatic carbocycles. The molecule has 0 bridgehead atoms. The molecule has 2 heteroatoms. The average Bonchev–Trinajstić information content (AvgIpc) is 3.14. The van der Waals surface area contributed by atoms with Crippen molar-refractivity contribution >= 4 is 51.0 Å². The molecule has 0 unspecified atom stereocenters. The van der Waals surface area contributed by atoms with E-state index >= 15 is 0 Å². The van der Waals surface area contributed by atoms with Crippen molar-refractivity contribution in [1.82, 2.24) is 0 Å². The first-order valence-corrected chi connectivity index (χ1v) is 15.9. The molecule has 0 N–H and O–H groups in total. The van der Waals surface area contributed by atoms with Crippen molar-refractivity contribution in [3.8, 4) is 23.5 Å². The van der Waals surface area contributed by atoms with Gasteiger partial charge in [-0.05, 0) is 90.2 Å². The van der Waals surface area contributed by atoms with Crippen LogP contribution in [0.4, 0.5) is 34.1 Å². The summed E-state index contributed by atoms with van der Waals surface area (Å²) in [6, 6.07) is 59.8. The van der Waals surface area contributed by atoms with Crippen LogP contribution in [0.1, 0.15) is 18.1 Å². The van der Waals surface area contributed by atoms with Gasteiger partial charge in [0.2, 0.25) is 0 Å². The number of fused-ring (bicyclic) bond motifs is 1. The molecule has 0 aliphatic heterocycles. The highest BCUT2D eigenvalue weighted by Gasteiger charge is 2.18. The number of nitrogens with zero attached hydrogens (tertiary/aromatic N) is 2. The highest BCUT2D eigenvalue weighted by atomic mass is 15.1. The van der Waals surface area contributed by atoms with E-state index in [1.54, 1.807) is 0 Å². The molecule has 2 nitrogen and oxygen atoms in total. The van der Waals surface area contributed by atoms with E-state index < -0.39 is 0 Å². The minimum atomic E-state index is 0.867. The van der Waals surface area contributed by atoms with Crippen LogP contribution in [0.25, 0.3) is 28.0 Å². The predicted octanol–water partition coefficient (Wildman–Crippen LogP) is 12.5. The molecule has 7 aromatic rings. The summed E-state index contributed by atoms with van der Waals surface area (Å²) in [6.07, 6.45) is 10.1. The number of hydrogen-bond acceptors (Lipinski definition) is 2.